The van der Waals surface area contributed by atoms with E-state index in [-0.39, 0.29) is 23.6 Å². The molecule has 178 valence electrons. The topological polar surface area (TPSA) is 91.4 Å². The first-order chi connectivity index (χ1) is 16.2. The van der Waals surface area contributed by atoms with Crippen molar-refractivity contribution >= 4 is 28.7 Å². The fourth-order valence-electron chi connectivity index (χ4n) is 4.60. The van der Waals surface area contributed by atoms with E-state index in [1.54, 1.807) is 6.07 Å². The van der Waals surface area contributed by atoms with Crippen LogP contribution >= 0.6 is 0 Å². The van der Waals surface area contributed by atoms with Gasteiger partial charge in [0.1, 0.15) is 23.5 Å². The van der Waals surface area contributed by atoms with Gasteiger partial charge in [-0.25, -0.2) is 14.8 Å². The Morgan fingerprint density at radius 2 is 1.88 bits per heavy atom. The van der Waals surface area contributed by atoms with Gasteiger partial charge < -0.3 is 19.5 Å². The molecule has 2 fully saturated rings. The molecule has 2 aromatic heterocycles. The molecule has 0 bridgehead atoms. The summed E-state index contributed by atoms with van der Waals surface area (Å²) in [6, 6.07) is 6.40. The molecule has 1 N–H and O–H groups in total. The Morgan fingerprint density at radius 1 is 1.15 bits per heavy atom. The maximum absolute atomic E-state index is 13.1. The lowest BCUT2D eigenvalue weighted by Crippen LogP contribution is -2.57. The van der Waals surface area contributed by atoms with E-state index in [0.29, 0.717) is 42.0 Å². The summed E-state index contributed by atoms with van der Waals surface area (Å²) < 4.78 is 43.2. The van der Waals surface area contributed by atoms with Crippen LogP contribution in [0.15, 0.2) is 36.7 Å². The van der Waals surface area contributed by atoms with E-state index in [0.717, 1.165) is 25.0 Å². The monoisotopic (exact) mass is 473 g/mol. The molecule has 0 atom stereocenters. The Kier molecular flexibility index (Phi) is 5.22. The molecular weight excluding hydrogens is 451 g/mol. The Bertz CT molecular complexity index is 1250. The number of fused-ring (bicyclic) bond motifs is 1. The van der Waals surface area contributed by atoms with Gasteiger partial charge in [0.05, 0.1) is 30.0 Å². The number of rotatable bonds is 4. The number of amides is 1. The highest BCUT2D eigenvalue weighted by molar-refractivity contribution is 5.97. The summed E-state index contributed by atoms with van der Waals surface area (Å²) in [6.45, 7) is 1.58. The molecule has 3 heterocycles. The zero-order valence-electron chi connectivity index (χ0n) is 18.4. The Hall–Kier alpha value is -3.63. The predicted molar refractivity (Wildman–Crippen MR) is 116 cm³/mol. The molecule has 1 aliphatic carbocycles. The van der Waals surface area contributed by atoms with Gasteiger partial charge in [-0.2, -0.15) is 13.2 Å². The molecule has 5 rings (SSSR count). The third-order valence-corrected chi connectivity index (χ3v) is 6.53. The van der Waals surface area contributed by atoms with Gasteiger partial charge in [-0.05, 0) is 36.6 Å². The highest BCUT2D eigenvalue weighted by Gasteiger charge is 2.53. The fourth-order valence-corrected chi connectivity index (χ4v) is 4.60. The van der Waals surface area contributed by atoms with Crippen LogP contribution < -0.4 is 4.90 Å². The van der Waals surface area contributed by atoms with Crippen LogP contribution in [0.2, 0.25) is 0 Å². The second-order valence-electron chi connectivity index (χ2n) is 8.70. The predicted octanol–water partition coefficient (Wildman–Crippen LogP) is 3.19. The number of ether oxygens (including phenoxy) is 1. The Morgan fingerprint density at radius 3 is 2.53 bits per heavy atom. The van der Waals surface area contributed by atoms with E-state index in [2.05, 4.69) is 19.9 Å². The van der Waals surface area contributed by atoms with Crippen LogP contribution in [-0.4, -0.2) is 64.0 Å². The lowest BCUT2D eigenvalue weighted by atomic mass is 10.0. The van der Waals surface area contributed by atoms with Crippen molar-refractivity contribution in [1.29, 1.82) is 0 Å². The van der Waals surface area contributed by atoms with E-state index in [9.17, 15) is 22.8 Å². The van der Waals surface area contributed by atoms with Crippen molar-refractivity contribution in [2.75, 3.05) is 31.6 Å². The third kappa shape index (κ3) is 3.95. The van der Waals surface area contributed by atoms with Crippen molar-refractivity contribution in [2.24, 2.45) is 0 Å². The van der Waals surface area contributed by atoms with Gasteiger partial charge in [-0.1, -0.05) is 12.1 Å². The number of piperazine rings is 1. The van der Waals surface area contributed by atoms with Crippen LogP contribution in [-0.2, 0) is 22.1 Å². The molecule has 1 saturated carbocycles. The summed E-state index contributed by atoms with van der Waals surface area (Å²) in [5.41, 5.74) is 0.311. The smallest absolute Gasteiger partial charge is 0.416 e. The van der Waals surface area contributed by atoms with Crippen molar-refractivity contribution in [3.05, 3.63) is 53.5 Å². The molecule has 1 aliphatic heterocycles. The standard InChI is InChI=1S/C23H22F3N5O3/c1-34-21(33)17-11-16-19(29-17)27-13-28-20(16)30-8-9-31(22(12-30)6-7-22)18(32)10-14-2-4-15(5-3-14)23(24,25)26/h2-5,11,13H,6-10,12H2,1H3,(H,27,28,29). The molecule has 1 amide bonds. The molecule has 2 aliphatic rings. The zero-order chi connectivity index (χ0) is 24.1. The van der Waals surface area contributed by atoms with Crippen molar-refractivity contribution in [1.82, 2.24) is 19.9 Å². The van der Waals surface area contributed by atoms with Crippen LogP contribution in [0.3, 0.4) is 0 Å². The van der Waals surface area contributed by atoms with E-state index in [1.165, 1.54) is 25.6 Å². The molecule has 3 aromatic rings. The first-order valence-corrected chi connectivity index (χ1v) is 10.8. The first-order valence-electron chi connectivity index (χ1n) is 10.8. The van der Waals surface area contributed by atoms with Crippen molar-refractivity contribution in [3.63, 3.8) is 0 Å². The second-order valence-corrected chi connectivity index (χ2v) is 8.70. The largest absolute Gasteiger partial charge is 0.464 e. The molecule has 0 radical (unpaired) electrons. The van der Waals surface area contributed by atoms with E-state index in [1.807, 2.05) is 4.90 Å². The number of carbonyl (C=O) groups excluding carboxylic acids is 2. The van der Waals surface area contributed by atoms with Crippen molar-refractivity contribution < 1.29 is 27.5 Å². The number of aromatic amines is 1. The Labute approximate surface area is 192 Å². The number of hydrogen-bond acceptors (Lipinski definition) is 6. The summed E-state index contributed by atoms with van der Waals surface area (Å²) >= 11 is 0. The number of anilines is 1. The normalized spacial score (nSPS) is 17.3. The molecule has 8 nitrogen and oxygen atoms in total. The number of nitrogens with zero attached hydrogens (tertiary/aromatic N) is 4. The average Bonchev–Trinajstić information content (AvgIpc) is 3.42. The first kappa shape index (κ1) is 22.2. The summed E-state index contributed by atoms with van der Waals surface area (Å²) in [5, 5.41) is 0.697. The van der Waals surface area contributed by atoms with Gasteiger partial charge >= 0.3 is 12.1 Å². The van der Waals surface area contributed by atoms with Gasteiger partial charge in [-0.3, -0.25) is 4.79 Å². The summed E-state index contributed by atoms with van der Waals surface area (Å²) in [4.78, 5) is 40.5. The quantitative estimate of drug-likeness (QED) is 0.586. The molecule has 0 unspecified atom stereocenters. The number of H-pyrrole nitrogens is 1. The van der Waals surface area contributed by atoms with Crippen LogP contribution in [0.5, 0.6) is 0 Å². The number of alkyl halides is 3. The number of nitrogens with one attached hydrogen (secondary N) is 1. The summed E-state index contributed by atoms with van der Waals surface area (Å²) in [6.07, 6.45) is -1.23. The molecular formula is C23H22F3N5O3. The Balaban J connectivity index is 1.32. The second kappa shape index (κ2) is 8.00. The number of hydrogen-bond donors (Lipinski definition) is 1. The maximum atomic E-state index is 13.1. The van der Waals surface area contributed by atoms with Crippen molar-refractivity contribution in [2.45, 2.75) is 31.0 Å². The minimum absolute atomic E-state index is 0.0535. The van der Waals surface area contributed by atoms with E-state index < -0.39 is 17.7 Å². The van der Waals surface area contributed by atoms with Crippen LogP contribution in [0.4, 0.5) is 19.0 Å². The average molecular weight is 473 g/mol. The van der Waals surface area contributed by atoms with E-state index >= 15 is 0 Å². The molecule has 1 saturated heterocycles. The number of esters is 1. The van der Waals surface area contributed by atoms with Gasteiger partial charge in [0.15, 0.2) is 0 Å². The number of halogens is 3. The lowest BCUT2D eigenvalue weighted by molar-refractivity contribution is -0.137. The summed E-state index contributed by atoms with van der Waals surface area (Å²) in [7, 11) is 1.30. The highest BCUT2D eigenvalue weighted by atomic mass is 19.4. The minimum Gasteiger partial charge on any atom is -0.464 e. The van der Waals surface area contributed by atoms with Gasteiger partial charge in [0.25, 0.3) is 0 Å². The number of methoxy groups -OCH3 is 1. The third-order valence-electron chi connectivity index (χ3n) is 6.53. The zero-order valence-corrected chi connectivity index (χ0v) is 18.4. The van der Waals surface area contributed by atoms with Crippen molar-refractivity contribution in [3.8, 4) is 0 Å². The lowest BCUT2D eigenvalue weighted by Gasteiger charge is -2.43. The number of aromatic nitrogens is 3. The van der Waals surface area contributed by atoms with Gasteiger partial charge in [0, 0.05) is 19.6 Å². The molecule has 11 heteroatoms. The van der Waals surface area contributed by atoms with E-state index in [4.69, 9.17) is 4.74 Å². The fraction of sp³-hybridized carbons (Fsp3) is 0.391. The molecule has 1 spiro atoms. The maximum Gasteiger partial charge on any atom is 0.416 e. The van der Waals surface area contributed by atoms with Crippen LogP contribution in [0, 0.1) is 0 Å². The molecule has 34 heavy (non-hydrogen) atoms. The van der Waals surface area contributed by atoms with Gasteiger partial charge in [0.2, 0.25) is 5.91 Å². The van der Waals surface area contributed by atoms with Crippen LogP contribution in [0.1, 0.15) is 34.5 Å². The number of carbonyl (C=O) groups is 2. The minimum atomic E-state index is -4.40. The molecule has 1 aromatic carbocycles. The highest BCUT2D eigenvalue weighted by Crippen LogP contribution is 2.45. The van der Waals surface area contributed by atoms with Gasteiger partial charge in [-0.15, -0.1) is 0 Å². The van der Waals surface area contributed by atoms with Crippen LogP contribution in [0.25, 0.3) is 11.0 Å². The SMILES string of the molecule is COC(=O)c1cc2c(N3CCN(C(=O)Cc4ccc(C(F)(F)F)cc4)C4(CC4)C3)ncnc2[nH]1. The summed E-state index contributed by atoms with van der Waals surface area (Å²) in [5.74, 6) is 0.0816. The number of benzene rings is 1.